The van der Waals surface area contributed by atoms with E-state index in [0.29, 0.717) is 0 Å². The van der Waals surface area contributed by atoms with Crippen molar-refractivity contribution in [1.29, 1.82) is 0 Å². The fraction of sp³-hybridized carbons (Fsp3) is 0.727. The van der Waals surface area contributed by atoms with E-state index in [1.165, 1.54) is 59.7 Å². The molecule has 0 aliphatic carbocycles. The molecule has 5 amide bonds. The molecule has 0 unspecified atom stereocenters. The summed E-state index contributed by atoms with van der Waals surface area (Å²) in [4.78, 5) is 81.1. The number of Topliss-reactive ketones (excluding diaryl/α,β-unsaturated/α-hetero) is 1. The highest BCUT2D eigenvalue weighted by Crippen LogP contribution is 2.00. The van der Waals surface area contributed by atoms with Crippen LogP contribution in [0.2, 0.25) is 0 Å². The van der Waals surface area contributed by atoms with Crippen LogP contribution in [-0.2, 0) is 28.8 Å². The molecule has 0 spiro atoms. The SMILES string of the molecule is CC(C)C(=O)CN(C)C(=O)CN(C)C(=O)CN(C)C(=O)CN(C)C(=O)CN(C)C(=O)CN(C)C. The molecule has 0 aromatic heterocycles. The second kappa shape index (κ2) is 14.3. The molecule has 0 radical (unpaired) electrons. The van der Waals surface area contributed by atoms with Gasteiger partial charge in [0.25, 0.3) is 0 Å². The first-order valence-electron chi connectivity index (χ1n) is 10.9. The number of carbonyl (C=O) groups excluding carboxylic acids is 6. The fourth-order valence-corrected chi connectivity index (χ4v) is 2.54. The summed E-state index contributed by atoms with van der Waals surface area (Å²) in [6.45, 7) is 2.69. The van der Waals surface area contributed by atoms with E-state index in [0.717, 1.165) is 0 Å². The second-order valence-electron chi connectivity index (χ2n) is 9.11. The molecule has 0 bridgehead atoms. The van der Waals surface area contributed by atoms with E-state index in [1.807, 2.05) is 0 Å². The molecule has 0 saturated carbocycles. The Morgan fingerprint density at radius 3 is 0.912 bits per heavy atom. The Bertz CT molecular complexity index is 769. The maximum absolute atomic E-state index is 12.5. The van der Waals surface area contributed by atoms with Crippen LogP contribution in [0.1, 0.15) is 13.8 Å². The summed E-state index contributed by atoms with van der Waals surface area (Å²) in [7, 11) is 10.8. The summed E-state index contributed by atoms with van der Waals surface area (Å²) in [5, 5.41) is 0. The van der Waals surface area contributed by atoms with Crippen LogP contribution < -0.4 is 0 Å². The van der Waals surface area contributed by atoms with Gasteiger partial charge in [0.15, 0.2) is 5.78 Å². The van der Waals surface area contributed by atoms with Gasteiger partial charge in [-0.2, -0.15) is 0 Å². The van der Waals surface area contributed by atoms with E-state index in [-0.39, 0.29) is 56.9 Å². The van der Waals surface area contributed by atoms with Gasteiger partial charge in [-0.25, -0.2) is 0 Å². The first-order valence-corrected chi connectivity index (χ1v) is 10.9. The van der Waals surface area contributed by atoms with Crippen LogP contribution in [0.3, 0.4) is 0 Å². The Morgan fingerprint density at radius 1 is 0.441 bits per heavy atom. The molecule has 12 nitrogen and oxygen atoms in total. The number of ketones is 1. The standard InChI is InChI=1S/C22H40N6O6/c1-16(2)17(29)10-24(5)19(31)12-26(7)21(33)14-28(9)22(34)15-27(8)20(32)13-25(6)18(30)11-23(3)4/h16H,10-15H2,1-9H3. The maximum atomic E-state index is 12.5. The van der Waals surface area contributed by atoms with Crippen LogP contribution in [0.25, 0.3) is 0 Å². The average Bonchev–Trinajstić information content (AvgIpc) is 2.72. The number of likely N-dealkylation sites (N-methyl/N-ethyl adjacent to an activating group) is 6. The summed E-state index contributed by atoms with van der Waals surface area (Å²) in [5.74, 6) is -2.24. The monoisotopic (exact) mass is 484 g/mol. The molecular formula is C22H40N6O6. The molecule has 0 aliphatic rings. The Labute approximate surface area is 202 Å². The molecular weight excluding hydrogens is 444 g/mol. The highest BCUT2D eigenvalue weighted by Gasteiger charge is 2.23. The third-order valence-electron chi connectivity index (χ3n) is 5.11. The third-order valence-corrected chi connectivity index (χ3v) is 5.11. The molecule has 0 atom stereocenters. The lowest BCUT2D eigenvalue weighted by Gasteiger charge is -2.26. The van der Waals surface area contributed by atoms with Crippen LogP contribution >= 0.6 is 0 Å². The smallest absolute Gasteiger partial charge is 0.242 e. The van der Waals surface area contributed by atoms with Crippen molar-refractivity contribution in [1.82, 2.24) is 29.4 Å². The summed E-state index contributed by atoms with van der Waals surface area (Å²) >= 11 is 0. The van der Waals surface area contributed by atoms with Crippen molar-refractivity contribution < 1.29 is 28.8 Å². The summed E-state index contributed by atoms with van der Waals surface area (Å²) < 4.78 is 0. The van der Waals surface area contributed by atoms with E-state index in [9.17, 15) is 28.8 Å². The van der Waals surface area contributed by atoms with Crippen molar-refractivity contribution in [2.45, 2.75) is 13.8 Å². The van der Waals surface area contributed by atoms with E-state index in [2.05, 4.69) is 0 Å². The molecule has 0 heterocycles. The van der Waals surface area contributed by atoms with Gasteiger partial charge in [-0.1, -0.05) is 13.8 Å². The molecule has 0 N–H and O–H groups in total. The van der Waals surface area contributed by atoms with Gasteiger partial charge in [-0.3, -0.25) is 28.8 Å². The average molecular weight is 485 g/mol. The van der Waals surface area contributed by atoms with Crippen LogP contribution in [0.15, 0.2) is 0 Å². The van der Waals surface area contributed by atoms with E-state index >= 15 is 0 Å². The van der Waals surface area contributed by atoms with Crippen LogP contribution in [0.5, 0.6) is 0 Å². The minimum absolute atomic E-state index is 0.0345. The summed E-state index contributed by atoms with van der Waals surface area (Å²) in [5.41, 5.74) is 0. The first-order chi connectivity index (χ1) is 15.6. The zero-order valence-corrected chi connectivity index (χ0v) is 22.0. The van der Waals surface area contributed by atoms with E-state index in [1.54, 1.807) is 32.8 Å². The molecule has 12 heteroatoms. The molecule has 0 saturated heterocycles. The van der Waals surface area contributed by atoms with Gasteiger partial charge in [-0.05, 0) is 14.1 Å². The quantitative estimate of drug-likeness (QED) is 0.298. The molecule has 0 aromatic rings. The number of rotatable bonds is 13. The first kappa shape index (κ1) is 31.0. The van der Waals surface area contributed by atoms with Crippen molar-refractivity contribution in [2.75, 3.05) is 88.6 Å². The zero-order chi connectivity index (χ0) is 26.7. The highest BCUT2D eigenvalue weighted by atomic mass is 16.2. The minimum Gasteiger partial charge on any atom is -0.337 e. The second-order valence-corrected chi connectivity index (χ2v) is 9.11. The van der Waals surface area contributed by atoms with Gasteiger partial charge in [0, 0.05) is 41.2 Å². The largest absolute Gasteiger partial charge is 0.337 e. The predicted molar refractivity (Wildman–Crippen MR) is 127 cm³/mol. The zero-order valence-electron chi connectivity index (χ0n) is 22.0. The fourth-order valence-electron chi connectivity index (χ4n) is 2.54. The van der Waals surface area contributed by atoms with Crippen molar-refractivity contribution in [3.05, 3.63) is 0 Å². The van der Waals surface area contributed by atoms with Crippen molar-refractivity contribution >= 4 is 35.3 Å². The molecule has 0 aromatic carbocycles. The van der Waals surface area contributed by atoms with Crippen LogP contribution in [0, 0.1) is 5.92 Å². The Morgan fingerprint density at radius 2 is 0.676 bits per heavy atom. The molecule has 194 valence electrons. The maximum Gasteiger partial charge on any atom is 0.242 e. The van der Waals surface area contributed by atoms with Gasteiger partial charge in [0.05, 0.1) is 39.3 Å². The van der Waals surface area contributed by atoms with Crippen molar-refractivity contribution in [3.63, 3.8) is 0 Å². The van der Waals surface area contributed by atoms with Gasteiger partial charge in [0.2, 0.25) is 29.5 Å². The lowest BCUT2D eigenvalue weighted by Crippen LogP contribution is -2.48. The topological polar surface area (TPSA) is 122 Å². The van der Waals surface area contributed by atoms with Crippen molar-refractivity contribution in [2.24, 2.45) is 5.92 Å². The number of hydrogen-bond donors (Lipinski definition) is 0. The Kier molecular flexibility index (Phi) is 13.0. The lowest BCUT2D eigenvalue weighted by molar-refractivity contribution is -0.145. The number of nitrogens with zero attached hydrogens (tertiary/aromatic N) is 6. The summed E-state index contributed by atoms with van der Waals surface area (Å²) in [6.07, 6.45) is 0. The van der Waals surface area contributed by atoms with Crippen LogP contribution in [-0.4, -0.2) is 153 Å². The molecule has 34 heavy (non-hydrogen) atoms. The normalized spacial score (nSPS) is 10.7. The van der Waals surface area contributed by atoms with E-state index in [4.69, 9.17) is 0 Å². The number of amides is 5. The van der Waals surface area contributed by atoms with Gasteiger partial charge in [0.1, 0.15) is 0 Å². The number of carbonyl (C=O) groups is 6. The van der Waals surface area contributed by atoms with Crippen LogP contribution in [0.4, 0.5) is 0 Å². The molecule has 0 rings (SSSR count). The van der Waals surface area contributed by atoms with Gasteiger partial charge in [-0.15, -0.1) is 0 Å². The lowest BCUT2D eigenvalue weighted by atomic mass is 10.1. The summed E-state index contributed by atoms with van der Waals surface area (Å²) in [6, 6.07) is 0. The Balaban J connectivity index is 4.67. The third kappa shape index (κ3) is 11.2. The number of hydrogen-bond acceptors (Lipinski definition) is 7. The Hall–Kier alpha value is -3.02. The molecule has 0 aliphatic heterocycles. The van der Waals surface area contributed by atoms with Gasteiger partial charge < -0.3 is 29.4 Å². The predicted octanol–water partition coefficient (Wildman–Crippen LogP) is -1.93. The molecule has 0 fully saturated rings. The minimum atomic E-state index is -0.467. The highest BCUT2D eigenvalue weighted by molar-refractivity contribution is 5.92. The van der Waals surface area contributed by atoms with Crippen molar-refractivity contribution in [3.8, 4) is 0 Å². The van der Waals surface area contributed by atoms with E-state index < -0.39 is 23.6 Å². The van der Waals surface area contributed by atoms with Gasteiger partial charge >= 0.3 is 0 Å².